The third-order valence-electron chi connectivity index (χ3n) is 3.58. The van der Waals surface area contributed by atoms with E-state index in [0.29, 0.717) is 4.83 Å². The zero-order valence-corrected chi connectivity index (χ0v) is 10.5. The van der Waals surface area contributed by atoms with Gasteiger partial charge >= 0.3 is 0 Å². The van der Waals surface area contributed by atoms with Crippen LogP contribution in [0.15, 0.2) is 18.2 Å². The van der Waals surface area contributed by atoms with E-state index in [9.17, 15) is 0 Å². The van der Waals surface area contributed by atoms with Crippen molar-refractivity contribution in [3.05, 3.63) is 29.3 Å². The summed E-state index contributed by atoms with van der Waals surface area (Å²) in [6.07, 6.45) is 2.44. The number of fused-ring (bicyclic) bond motifs is 1. The maximum Gasteiger partial charge on any atom is 0.122 e. The molecule has 0 saturated heterocycles. The van der Waals surface area contributed by atoms with E-state index in [4.69, 9.17) is 4.74 Å². The lowest BCUT2D eigenvalue weighted by Crippen LogP contribution is -1.94. The molecule has 1 aliphatic heterocycles. The first kappa shape index (κ1) is 9.71. The van der Waals surface area contributed by atoms with Gasteiger partial charge in [0.1, 0.15) is 5.75 Å². The van der Waals surface area contributed by atoms with Crippen molar-refractivity contribution in [2.45, 2.75) is 24.6 Å². The van der Waals surface area contributed by atoms with Crippen molar-refractivity contribution in [2.24, 2.45) is 11.8 Å². The maximum atomic E-state index is 5.52. The maximum absolute atomic E-state index is 5.52. The van der Waals surface area contributed by atoms with E-state index in [1.807, 2.05) is 0 Å². The molecule has 1 saturated carbocycles. The average molecular weight is 267 g/mol. The molecule has 80 valence electrons. The molecule has 0 bridgehead atoms. The first-order chi connectivity index (χ1) is 7.25. The van der Waals surface area contributed by atoms with Crippen LogP contribution >= 0.6 is 15.9 Å². The van der Waals surface area contributed by atoms with Gasteiger partial charge in [0.25, 0.3) is 0 Å². The second-order valence-corrected chi connectivity index (χ2v) is 5.73. The molecular formula is C13H15BrO. The van der Waals surface area contributed by atoms with Gasteiger partial charge in [-0.3, -0.25) is 0 Å². The Hall–Kier alpha value is -0.500. The van der Waals surface area contributed by atoms with Gasteiger partial charge in [-0.05, 0) is 35.4 Å². The van der Waals surface area contributed by atoms with Crippen molar-refractivity contribution < 1.29 is 4.74 Å². The van der Waals surface area contributed by atoms with Gasteiger partial charge in [0.05, 0.1) is 6.61 Å². The van der Waals surface area contributed by atoms with Crippen LogP contribution in [0, 0.1) is 11.8 Å². The predicted molar refractivity (Wildman–Crippen MR) is 64.6 cm³/mol. The summed E-state index contributed by atoms with van der Waals surface area (Å²) in [6.45, 7) is 3.18. The predicted octanol–water partition coefficient (Wildman–Crippen LogP) is 3.71. The molecule has 1 fully saturated rings. The van der Waals surface area contributed by atoms with Crippen molar-refractivity contribution in [3.63, 3.8) is 0 Å². The Morgan fingerprint density at radius 3 is 3.00 bits per heavy atom. The molecule has 0 spiro atoms. The van der Waals surface area contributed by atoms with Gasteiger partial charge in [-0.15, -0.1) is 0 Å². The van der Waals surface area contributed by atoms with Crippen molar-refractivity contribution in [2.75, 3.05) is 6.61 Å². The molecule has 1 aromatic carbocycles. The Balaban J connectivity index is 1.86. The summed E-state index contributed by atoms with van der Waals surface area (Å²) in [5.74, 6) is 2.81. The van der Waals surface area contributed by atoms with Gasteiger partial charge in [0.15, 0.2) is 0 Å². The minimum absolute atomic E-state index is 0.540. The fraction of sp³-hybridized carbons (Fsp3) is 0.538. The van der Waals surface area contributed by atoms with Gasteiger partial charge in [0, 0.05) is 11.2 Å². The normalized spacial score (nSPS) is 29.5. The van der Waals surface area contributed by atoms with Crippen LogP contribution in [-0.2, 0) is 6.42 Å². The van der Waals surface area contributed by atoms with Crippen molar-refractivity contribution in [1.82, 2.24) is 0 Å². The molecule has 3 rings (SSSR count). The highest BCUT2D eigenvalue weighted by Crippen LogP contribution is 2.51. The average Bonchev–Trinajstić information content (AvgIpc) is 2.80. The second kappa shape index (κ2) is 3.51. The van der Waals surface area contributed by atoms with Crippen molar-refractivity contribution >= 4 is 15.9 Å². The molecule has 0 aromatic heterocycles. The van der Waals surface area contributed by atoms with Gasteiger partial charge in [-0.1, -0.05) is 35.0 Å². The van der Waals surface area contributed by atoms with E-state index in [2.05, 4.69) is 41.1 Å². The molecule has 3 unspecified atom stereocenters. The van der Waals surface area contributed by atoms with Crippen LogP contribution in [0.25, 0.3) is 0 Å². The van der Waals surface area contributed by atoms with Crippen LogP contribution < -0.4 is 4.74 Å². The number of rotatable bonds is 2. The molecule has 3 atom stereocenters. The lowest BCUT2D eigenvalue weighted by Gasteiger charge is -2.10. The van der Waals surface area contributed by atoms with Crippen LogP contribution in [0.4, 0.5) is 0 Å². The van der Waals surface area contributed by atoms with Crippen molar-refractivity contribution in [1.29, 1.82) is 0 Å². The van der Waals surface area contributed by atoms with E-state index in [1.54, 1.807) is 0 Å². The monoisotopic (exact) mass is 266 g/mol. The standard InChI is InChI=1S/C13H15BrO/c1-8-6-11(8)13(14)10-2-3-12-9(7-10)4-5-15-12/h2-3,7-8,11,13H,4-6H2,1H3. The molecule has 1 aromatic rings. The quantitative estimate of drug-likeness (QED) is 0.742. The molecule has 2 heteroatoms. The number of hydrogen-bond donors (Lipinski definition) is 0. The summed E-state index contributed by atoms with van der Waals surface area (Å²) in [4.78, 5) is 0.540. The zero-order valence-electron chi connectivity index (χ0n) is 8.87. The van der Waals surface area contributed by atoms with Crippen LogP contribution in [0.5, 0.6) is 5.75 Å². The molecule has 0 N–H and O–H groups in total. The first-order valence-corrected chi connectivity index (χ1v) is 6.57. The Kier molecular flexibility index (Phi) is 2.27. The topological polar surface area (TPSA) is 9.23 Å². The minimum Gasteiger partial charge on any atom is -0.493 e. The number of alkyl halides is 1. The Bertz CT molecular complexity index is 388. The van der Waals surface area contributed by atoms with Crippen LogP contribution in [0.1, 0.15) is 29.3 Å². The van der Waals surface area contributed by atoms with Crippen LogP contribution in [0.2, 0.25) is 0 Å². The molecule has 1 aliphatic carbocycles. The zero-order chi connectivity index (χ0) is 10.4. The summed E-state index contributed by atoms with van der Waals surface area (Å²) in [5.41, 5.74) is 2.80. The van der Waals surface area contributed by atoms with E-state index < -0.39 is 0 Å². The fourth-order valence-corrected chi connectivity index (χ4v) is 3.41. The molecule has 2 aliphatic rings. The molecule has 0 radical (unpaired) electrons. The molecule has 1 nitrogen and oxygen atoms in total. The third kappa shape index (κ3) is 1.69. The largest absolute Gasteiger partial charge is 0.493 e. The number of benzene rings is 1. The van der Waals surface area contributed by atoms with Gasteiger partial charge in [0.2, 0.25) is 0 Å². The Morgan fingerprint density at radius 1 is 1.47 bits per heavy atom. The van der Waals surface area contributed by atoms with Crippen LogP contribution in [0.3, 0.4) is 0 Å². The highest BCUT2D eigenvalue weighted by Gasteiger charge is 2.39. The highest BCUT2D eigenvalue weighted by molar-refractivity contribution is 9.09. The van der Waals surface area contributed by atoms with E-state index in [-0.39, 0.29) is 0 Å². The van der Waals surface area contributed by atoms with Gasteiger partial charge in [-0.2, -0.15) is 0 Å². The summed E-state index contributed by atoms with van der Waals surface area (Å²) < 4.78 is 5.52. The van der Waals surface area contributed by atoms with Gasteiger partial charge in [-0.25, -0.2) is 0 Å². The van der Waals surface area contributed by atoms with Gasteiger partial charge < -0.3 is 4.74 Å². The SMILES string of the molecule is CC1CC1C(Br)c1ccc2c(c1)CCO2. The first-order valence-electron chi connectivity index (χ1n) is 5.65. The third-order valence-corrected chi connectivity index (χ3v) is 4.79. The van der Waals surface area contributed by atoms with E-state index >= 15 is 0 Å². The number of hydrogen-bond acceptors (Lipinski definition) is 1. The summed E-state index contributed by atoms with van der Waals surface area (Å²) in [7, 11) is 0. The summed E-state index contributed by atoms with van der Waals surface area (Å²) >= 11 is 3.82. The Labute approximate surface area is 99.0 Å². The lowest BCUT2D eigenvalue weighted by molar-refractivity contribution is 0.357. The molecule has 1 heterocycles. The second-order valence-electron chi connectivity index (χ2n) is 4.74. The highest BCUT2D eigenvalue weighted by atomic mass is 79.9. The molecular weight excluding hydrogens is 252 g/mol. The number of ether oxygens (including phenoxy) is 1. The van der Waals surface area contributed by atoms with E-state index in [0.717, 1.165) is 30.6 Å². The smallest absolute Gasteiger partial charge is 0.122 e. The lowest BCUT2D eigenvalue weighted by atomic mass is 10.0. The number of halogens is 1. The summed E-state index contributed by atoms with van der Waals surface area (Å²) in [6, 6.07) is 6.64. The van der Waals surface area contributed by atoms with Crippen LogP contribution in [-0.4, -0.2) is 6.61 Å². The minimum atomic E-state index is 0.540. The molecule has 15 heavy (non-hydrogen) atoms. The fourth-order valence-electron chi connectivity index (χ4n) is 2.38. The Morgan fingerprint density at radius 2 is 2.27 bits per heavy atom. The summed E-state index contributed by atoms with van der Waals surface area (Å²) in [5, 5.41) is 0. The molecule has 0 amide bonds. The van der Waals surface area contributed by atoms with Crippen molar-refractivity contribution in [3.8, 4) is 5.75 Å². The van der Waals surface area contributed by atoms with E-state index in [1.165, 1.54) is 17.5 Å².